The maximum absolute atomic E-state index is 11.6. The number of rotatable bonds is 4. The molecule has 0 radical (unpaired) electrons. The maximum Gasteiger partial charge on any atom is 0.335 e. The molecule has 0 spiro atoms. The number of carboxylic acid groups (broad SMARTS) is 1. The molecule has 0 bridgehead atoms. The van der Waals surface area contributed by atoms with E-state index >= 15 is 0 Å². The number of amidine groups is 1. The molecule has 6 heteroatoms. The highest BCUT2D eigenvalue weighted by Gasteiger charge is 2.28. The van der Waals surface area contributed by atoms with Crippen LogP contribution in [-0.4, -0.2) is 36.1 Å². The van der Waals surface area contributed by atoms with Gasteiger partial charge in [0.2, 0.25) is 0 Å². The SMILES string of the molecule is CCSC1=NC(c2ccc(N(C)C)cc2)C(C(=O)O)=C(C)N1. The number of nitrogens with zero attached hydrogens (tertiary/aromatic N) is 2. The highest BCUT2D eigenvalue weighted by atomic mass is 32.2. The Hall–Kier alpha value is -1.95. The summed E-state index contributed by atoms with van der Waals surface area (Å²) in [6.45, 7) is 3.83. The van der Waals surface area contributed by atoms with Gasteiger partial charge in [-0.3, -0.25) is 0 Å². The number of allylic oxidation sites excluding steroid dienone is 1. The Kier molecular flexibility index (Phi) is 5.13. The van der Waals surface area contributed by atoms with Crippen molar-refractivity contribution in [3.05, 3.63) is 41.1 Å². The Morgan fingerprint density at radius 1 is 1.36 bits per heavy atom. The number of benzene rings is 1. The average Bonchev–Trinajstić information content (AvgIpc) is 2.46. The van der Waals surface area contributed by atoms with Gasteiger partial charge in [0.05, 0.1) is 5.57 Å². The quantitative estimate of drug-likeness (QED) is 0.893. The third kappa shape index (κ3) is 3.44. The summed E-state index contributed by atoms with van der Waals surface area (Å²) in [7, 11) is 3.95. The molecule has 0 saturated carbocycles. The molecule has 0 aliphatic carbocycles. The summed E-state index contributed by atoms with van der Waals surface area (Å²) < 4.78 is 0. The third-order valence-electron chi connectivity index (χ3n) is 3.45. The zero-order valence-electron chi connectivity index (χ0n) is 13.3. The number of hydrogen-bond donors (Lipinski definition) is 2. The normalized spacial score (nSPS) is 17.8. The molecule has 1 aliphatic heterocycles. The summed E-state index contributed by atoms with van der Waals surface area (Å²) in [5, 5.41) is 13.4. The zero-order chi connectivity index (χ0) is 16.3. The van der Waals surface area contributed by atoms with Crippen molar-refractivity contribution in [3.8, 4) is 0 Å². The molecule has 1 unspecified atom stereocenters. The standard InChI is InChI=1S/C16H21N3O2S/c1-5-22-16-17-10(2)13(15(20)21)14(18-16)11-6-8-12(9-7-11)19(3)4/h6-9,14H,5H2,1-4H3,(H,17,18)(H,20,21). The van der Waals surface area contributed by atoms with Crippen LogP contribution in [0.1, 0.15) is 25.5 Å². The van der Waals surface area contributed by atoms with Crippen molar-refractivity contribution in [2.45, 2.75) is 19.9 Å². The van der Waals surface area contributed by atoms with E-state index < -0.39 is 12.0 Å². The van der Waals surface area contributed by atoms with Gasteiger partial charge in [-0.25, -0.2) is 9.79 Å². The van der Waals surface area contributed by atoms with Crippen LogP contribution in [0.25, 0.3) is 0 Å². The Labute approximate surface area is 135 Å². The second kappa shape index (κ2) is 6.87. The molecule has 0 saturated heterocycles. The number of aliphatic carboxylic acids is 1. The van der Waals surface area contributed by atoms with Gasteiger partial charge in [0, 0.05) is 25.5 Å². The minimum absolute atomic E-state index is 0.304. The maximum atomic E-state index is 11.6. The zero-order valence-corrected chi connectivity index (χ0v) is 14.1. The number of hydrogen-bond acceptors (Lipinski definition) is 5. The summed E-state index contributed by atoms with van der Waals surface area (Å²) in [6.07, 6.45) is 0. The van der Waals surface area contributed by atoms with Crippen LogP contribution in [0.2, 0.25) is 0 Å². The number of anilines is 1. The molecular formula is C16H21N3O2S. The topological polar surface area (TPSA) is 64.9 Å². The van der Waals surface area contributed by atoms with Crippen LogP contribution in [0, 0.1) is 0 Å². The number of carbonyl (C=O) groups is 1. The second-order valence-electron chi connectivity index (χ2n) is 5.22. The van der Waals surface area contributed by atoms with Crippen LogP contribution in [0.15, 0.2) is 40.5 Å². The highest BCUT2D eigenvalue weighted by molar-refractivity contribution is 8.13. The van der Waals surface area contributed by atoms with Crippen LogP contribution in [-0.2, 0) is 4.79 Å². The Balaban J connectivity index is 2.42. The van der Waals surface area contributed by atoms with E-state index in [2.05, 4.69) is 10.3 Å². The van der Waals surface area contributed by atoms with Crippen molar-refractivity contribution in [2.75, 3.05) is 24.7 Å². The fourth-order valence-electron chi connectivity index (χ4n) is 2.33. The molecular weight excluding hydrogens is 298 g/mol. The van der Waals surface area contributed by atoms with Gasteiger partial charge >= 0.3 is 5.97 Å². The first-order valence-electron chi connectivity index (χ1n) is 7.13. The van der Waals surface area contributed by atoms with Crippen LogP contribution < -0.4 is 10.2 Å². The lowest BCUT2D eigenvalue weighted by Gasteiger charge is -2.25. The minimum atomic E-state index is -0.934. The molecule has 1 aliphatic rings. The smallest absolute Gasteiger partial charge is 0.335 e. The summed E-state index contributed by atoms with van der Waals surface area (Å²) in [4.78, 5) is 18.2. The van der Waals surface area contributed by atoms with Crippen LogP contribution in [0.5, 0.6) is 0 Å². The molecule has 2 rings (SSSR count). The fraction of sp³-hybridized carbons (Fsp3) is 0.375. The van der Waals surface area contributed by atoms with E-state index in [1.807, 2.05) is 50.2 Å². The molecule has 1 heterocycles. The second-order valence-corrected chi connectivity index (χ2v) is 6.48. The molecule has 118 valence electrons. The van der Waals surface area contributed by atoms with Gasteiger partial charge in [-0.15, -0.1) is 0 Å². The van der Waals surface area contributed by atoms with Gasteiger partial charge in [0.1, 0.15) is 6.04 Å². The van der Waals surface area contributed by atoms with E-state index in [4.69, 9.17) is 0 Å². The van der Waals surface area contributed by atoms with Gasteiger partial charge in [0.25, 0.3) is 0 Å². The largest absolute Gasteiger partial charge is 0.478 e. The van der Waals surface area contributed by atoms with Crippen LogP contribution in [0.3, 0.4) is 0 Å². The van der Waals surface area contributed by atoms with Gasteiger partial charge < -0.3 is 15.3 Å². The molecule has 1 aromatic carbocycles. The van der Waals surface area contributed by atoms with Crippen molar-refractivity contribution in [1.82, 2.24) is 5.32 Å². The Morgan fingerprint density at radius 2 is 2.00 bits per heavy atom. The summed E-state index contributed by atoms with van der Waals surface area (Å²) in [5.41, 5.74) is 2.92. The first-order chi connectivity index (χ1) is 10.4. The number of nitrogens with one attached hydrogen (secondary N) is 1. The fourth-order valence-corrected chi connectivity index (χ4v) is 3.01. The number of aliphatic imine (C=N–C) groups is 1. The molecule has 0 fully saturated rings. The van der Waals surface area contributed by atoms with Crippen molar-refractivity contribution >= 4 is 28.6 Å². The molecule has 0 amide bonds. The molecule has 5 nitrogen and oxygen atoms in total. The third-order valence-corrected chi connectivity index (χ3v) is 4.22. The van der Waals surface area contributed by atoms with Gasteiger partial charge in [-0.1, -0.05) is 30.8 Å². The number of thioether (sulfide) groups is 1. The van der Waals surface area contributed by atoms with E-state index in [0.717, 1.165) is 22.2 Å². The lowest BCUT2D eigenvalue weighted by atomic mass is 9.96. The van der Waals surface area contributed by atoms with Crippen molar-refractivity contribution < 1.29 is 9.90 Å². The van der Waals surface area contributed by atoms with Crippen LogP contribution in [0.4, 0.5) is 5.69 Å². The summed E-state index contributed by atoms with van der Waals surface area (Å²) >= 11 is 1.58. The van der Waals surface area contributed by atoms with E-state index in [9.17, 15) is 9.90 Å². The lowest BCUT2D eigenvalue weighted by molar-refractivity contribution is -0.133. The molecule has 0 aromatic heterocycles. The summed E-state index contributed by atoms with van der Waals surface area (Å²) in [6, 6.07) is 7.38. The molecule has 22 heavy (non-hydrogen) atoms. The van der Waals surface area contributed by atoms with Gasteiger partial charge in [-0.05, 0) is 30.4 Å². The van der Waals surface area contributed by atoms with E-state index in [1.54, 1.807) is 18.7 Å². The van der Waals surface area contributed by atoms with Crippen molar-refractivity contribution in [1.29, 1.82) is 0 Å². The van der Waals surface area contributed by atoms with E-state index in [-0.39, 0.29) is 0 Å². The monoisotopic (exact) mass is 319 g/mol. The first kappa shape index (κ1) is 16.4. The van der Waals surface area contributed by atoms with Gasteiger partial charge in [0.15, 0.2) is 5.17 Å². The van der Waals surface area contributed by atoms with E-state index in [1.165, 1.54) is 0 Å². The Bertz CT molecular complexity index is 621. The van der Waals surface area contributed by atoms with Crippen LogP contribution >= 0.6 is 11.8 Å². The Morgan fingerprint density at radius 3 is 2.50 bits per heavy atom. The predicted molar refractivity (Wildman–Crippen MR) is 92.5 cm³/mol. The highest BCUT2D eigenvalue weighted by Crippen LogP contribution is 2.32. The lowest BCUT2D eigenvalue weighted by Crippen LogP contribution is -2.29. The van der Waals surface area contributed by atoms with Crippen molar-refractivity contribution in [3.63, 3.8) is 0 Å². The molecule has 1 atom stereocenters. The summed E-state index contributed by atoms with van der Waals surface area (Å²) in [5.74, 6) is -0.0515. The van der Waals surface area contributed by atoms with Crippen molar-refractivity contribution in [2.24, 2.45) is 4.99 Å². The molecule has 2 N–H and O–H groups in total. The first-order valence-corrected chi connectivity index (χ1v) is 8.11. The molecule has 1 aromatic rings. The van der Waals surface area contributed by atoms with E-state index in [0.29, 0.717) is 11.3 Å². The number of carboxylic acids is 1. The van der Waals surface area contributed by atoms with Gasteiger partial charge in [-0.2, -0.15) is 0 Å². The average molecular weight is 319 g/mol. The minimum Gasteiger partial charge on any atom is -0.478 e. The predicted octanol–water partition coefficient (Wildman–Crippen LogP) is 2.86.